The van der Waals surface area contributed by atoms with Crippen molar-refractivity contribution in [3.05, 3.63) is 101 Å². The SMILES string of the molecule is COc1ccc(C(=O)/C=C/c2ccc(OCc3ccccc3)cc2)cc1CSCC(=O)O. The van der Waals surface area contributed by atoms with Gasteiger partial charge in [0, 0.05) is 16.9 Å². The molecule has 0 aromatic heterocycles. The van der Waals surface area contributed by atoms with Gasteiger partial charge in [-0.05, 0) is 47.5 Å². The van der Waals surface area contributed by atoms with E-state index in [9.17, 15) is 9.59 Å². The van der Waals surface area contributed by atoms with Gasteiger partial charge in [0.1, 0.15) is 18.1 Å². The molecule has 1 N–H and O–H groups in total. The number of carbonyl (C=O) groups excluding carboxylic acids is 1. The Hall–Kier alpha value is -3.51. The van der Waals surface area contributed by atoms with Crippen molar-refractivity contribution >= 4 is 29.6 Å². The van der Waals surface area contributed by atoms with Crippen LogP contribution in [0.5, 0.6) is 11.5 Å². The third-order valence-electron chi connectivity index (χ3n) is 4.60. The van der Waals surface area contributed by atoms with E-state index in [0.29, 0.717) is 23.7 Å². The van der Waals surface area contributed by atoms with Crippen LogP contribution < -0.4 is 9.47 Å². The van der Waals surface area contributed by atoms with Gasteiger partial charge in [-0.1, -0.05) is 48.5 Å². The first kappa shape index (κ1) is 23.2. The summed E-state index contributed by atoms with van der Waals surface area (Å²) in [7, 11) is 1.55. The highest BCUT2D eigenvalue weighted by Crippen LogP contribution is 2.25. The van der Waals surface area contributed by atoms with Crippen molar-refractivity contribution in [3.8, 4) is 11.5 Å². The third-order valence-corrected chi connectivity index (χ3v) is 5.57. The molecule has 3 aromatic carbocycles. The molecule has 0 aliphatic carbocycles. The van der Waals surface area contributed by atoms with E-state index in [1.165, 1.54) is 17.8 Å². The van der Waals surface area contributed by atoms with E-state index in [1.807, 2.05) is 54.6 Å². The summed E-state index contributed by atoms with van der Waals surface area (Å²) in [5, 5.41) is 8.82. The molecule has 0 radical (unpaired) electrons. The maximum atomic E-state index is 12.6. The van der Waals surface area contributed by atoms with Gasteiger partial charge in [-0.25, -0.2) is 0 Å². The van der Waals surface area contributed by atoms with Crippen LogP contribution in [0.25, 0.3) is 6.08 Å². The molecule has 0 fully saturated rings. The van der Waals surface area contributed by atoms with Crippen LogP contribution >= 0.6 is 11.8 Å². The number of benzene rings is 3. The molecule has 0 aliphatic heterocycles. The van der Waals surface area contributed by atoms with Gasteiger partial charge in [0.05, 0.1) is 12.9 Å². The summed E-state index contributed by atoms with van der Waals surface area (Å²) in [6.07, 6.45) is 3.28. The molecule has 0 aliphatic rings. The van der Waals surface area contributed by atoms with Crippen LogP contribution in [0.3, 0.4) is 0 Å². The third kappa shape index (κ3) is 7.03. The van der Waals surface area contributed by atoms with E-state index in [4.69, 9.17) is 14.6 Å². The number of carboxylic acid groups (broad SMARTS) is 1. The van der Waals surface area contributed by atoms with Crippen molar-refractivity contribution in [3.63, 3.8) is 0 Å². The Bertz CT molecular complexity index is 1080. The lowest BCUT2D eigenvalue weighted by atomic mass is 10.1. The van der Waals surface area contributed by atoms with E-state index in [-0.39, 0.29) is 11.5 Å². The normalized spacial score (nSPS) is 10.8. The number of carbonyl (C=O) groups is 2. The fourth-order valence-electron chi connectivity index (χ4n) is 2.98. The zero-order chi connectivity index (χ0) is 22.8. The van der Waals surface area contributed by atoms with Gasteiger partial charge in [-0.2, -0.15) is 0 Å². The number of hydrogen-bond acceptors (Lipinski definition) is 5. The zero-order valence-electron chi connectivity index (χ0n) is 17.7. The summed E-state index contributed by atoms with van der Waals surface area (Å²) >= 11 is 1.26. The predicted octanol–water partition coefficient (Wildman–Crippen LogP) is 5.49. The smallest absolute Gasteiger partial charge is 0.313 e. The number of ketones is 1. The first-order valence-corrected chi connectivity index (χ1v) is 11.2. The van der Waals surface area contributed by atoms with E-state index < -0.39 is 5.97 Å². The Morgan fingerprint density at radius 1 is 1.00 bits per heavy atom. The van der Waals surface area contributed by atoms with Crippen molar-refractivity contribution in [1.29, 1.82) is 0 Å². The van der Waals surface area contributed by atoms with Gasteiger partial charge in [0.2, 0.25) is 0 Å². The minimum atomic E-state index is -0.874. The number of ether oxygens (including phenoxy) is 2. The van der Waals surface area contributed by atoms with Crippen LogP contribution in [0.2, 0.25) is 0 Å². The molecule has 3 rings (SSSR count). The summed E-state index contributed by atoms with van der Waals surface area (Å²) in [5.74, 6) is 0.824. The van der Waals surface area contributed by atoms with Gasteiger partial charge in [-0.15, -0.1) is 11.8 Å². The molecular weight excluding hydrogens is 424 g/mol. The second-order valence-electron chi connectivity index (χ2n) is 6.95. The van der Waals surface area contributed by atoms with E-state index in [2.05, 4.69) is 0 Å². The molecule has 3 aromatic rings. The van der Waals surface area contributed by atoms with E-state index >= 15 is 0 Å². The van der Waals surface area contributed by atoms with Crippen LogP contribution in [0.15, 0.2) is 78.9 Å². The predicted molar refractivity (Wildman–Crippen MR) is 127 cm³/mol. The van der Waals surface area contributed by atoms with Gasteiger partial charge in [0.15, 0.2) is 5.78 Å². The maximum absolute atomic E-state index is 12.6. The molecule has 0 spiro atoms. The molecule has 32 heavy (non-hydrogen) atoms. The van der Waals surface area contributed by atoms with Crippen molar-refractivity contribution in [2.45, 2.75) is 12.4 Å². The molecule has 0 atom stereocenters. The van der Waals surface area contributed by atoms with Crippen molar-refractivity contribution in [2.75, 3.05) is 12.9 Å². The highest BCUT2D eigenvalue weighted by Gasteiger charge is 2.09. The molecular formula is C26H24O5S. The molecule has 0 unspecified atom stereocenters. The quantitative estimate of drug-likeness (QED) is 0.309. The number of thioether (sulfide) groups is 1. The largest absolute Gasteiger partial charge is 0.496 e. The van der Waals surface area contributed by atoms with Crippen LogP contribution in [0.4, 0.5) is 0 Å². The van der Waals surface area contributed by atoms with Crippen LogP contribution in [0, 0.1) is 0 Å². The van der Waals surface area contributed by atoms with Crippen LogP contribution in [-0.2, 0) is 17.2 Å². The fourth-order valence-corrected chi connectivity index (χ4v) is 3.70. The lowest BCUT2D eigenvalue weighted by Gasteiger charge is -2.09. The Kier molecular flexibility index (Phi) is 8.52. The van der Waals surface area contributed by atoms with E-state index in [1.54, 1.807) is 31.4 Å². The second kappa shape index (κ2) is 11.8. The molecule has 0 saturated carbocycles. The molecule has 0 saturated heterocycles. The van der Waals surface area contributed by atoms with Crippen molar-refractivity contribution in [2.24, 2.45) is 0 Å². The highest BCUT2D eigenvalue weighted by molar-refractivity contribution is 7.99. The monoisotopic (exact) mass is 448 g/mol. The summed E-state index contributed by atoms with van der Waals surface area (Å²) in [5.41, 5.74) is 3.30. The van der Waals surface area contributed by atoms with Gasteiger partial charge in [-0.3, -0.25) is 9.59 Å². The lowest BCUT2D eigenvalue weighted by molar-refractivity contribution is -0.133. The highest BCUT2D eigenvalue weighted by atomic mass is 32.2. The fraction of sp³-hybridized carbons (Fsp3) is 0.154. The minimum absolute atomic E-state index is 0.00765. The lowest BCUT2D eigenvalue weighted by Crippen LogP contribution is -2.01. The topological polar surface area (TPSA) is 72.8 Å². The Morgan fingerprint density at radius 2 is 1.75 bits per heavy atom. The second-order valence-corrected chi connectivity index (χ2v) is 7.94. The molecule has 5 nitrogen and oxygen atoms in total. The number of carboxylic acids is 1. The Balaban J connectivity index is 1.60. The number of aliphatic carboxylic acids is 1. The van der Waals surface area contributed by atoms with E-state index in [0.717, 1.165) is 22.4 Å². The van der Waals surface area contributed by atoms with Crippen molar-refractivity contribution in [1.82, 2.24) is 0 Å². The number of hydrogen-bond donors (Lipinski definition) is 1. The number of methoxy groups -OCH3 is 1. The first-order chi connectivity index (χ1) is 15.5. The zero-order valence-corrected chi connectivity index (χ0v) is 18.5. The molecule has 0 amide bonds. The van der Waals surface area contributed by atoms with Crippen LogP contribution in [0.1, 0.15) is 27.0 Å². The number of allylic oxidation sites excluding steroid dienone is 1. The van der Waals surface area contributed by atoms with Gasteiger partial charge in [0.25, 0.3) is 0 Å². The van der Waals surface area contributed by atoms with Crippen molar-refractivity contribution < 1.29 is 24.2 Å². The Labute approximate surface area is 191 Å². The molecule has 0 bridgehead atoms. The minimum Gasteiger partial charge on any atom is -0.496 e. The summed E-state index contributed by atoms with van der Waals surface area (Å²) in [6.45, 7) is 0.499. The summed E-state index contributed by atoms with van der Waals surface area (Å²) in [4.78, 5) is 23.4. The molecule has 164 valence electrons. The summed E-state index contributed by atoms with van der Waals surface area (Å²) in [6, 6.07) is 22.7. The Morgan fingerprint density at radius 3 is 2.44 bits per heavy atom. The average Bonchev–Trinajstić information content (AvgIpc) is 2.82. The van der Waals surface area contributed by atoms with Gasteiger partial charge >= 0.3 is 5.97 Å². The maximum Gasteiger partial charge on any atom is 0.313 e. The number of rotatable bonds is 11. The average molecular weight is 449 g/mol. The standard InChI is InChI=1S/C26H24O5S/c1-30-25-14-10-21(15-22(25)17-32-18-26(28)29)24(27)13-9-19-7-11-23(12-8-19)31-16-20-5-3-2-4-6-20/h2-15H,16-18H2,1H3,(H,28,29)/b13-9+. The van der Waals surface area contributed by atoms with Gasteiger partial charge < -0.3 is 14.6 Å². The molecule has 0 heterocycles. The van der Waals surface area contributed by atoms with Crippen LogP contribution in [-0.4, -0.2) is 29.7 Å². The summed E-state index contributed by atoms with van der Waals surface area (Å²) < 4.78 is 11.1. The molecule has 6 heteroatoms. The first-order valence-electron chi connectivity index (χ1n) is 10.0.